The molecular weight excluding hydrogens is 391 g/mol. The lowest BCUT2D eigenvalue weighted by molar-refractivity contribution is -0.274. The molecule has 1 aromatic heterocycles. The van der Waals surface area contributed by atoms with Crippen LogP contribution in [0.1, 0.15) is 32.4 Å². The zero-order valence-electron chi connectivity index (χ0n) is 15.9. The normalized spacial score (nSPS) is 12.8. The second-order valence-electron chi connectivity index (χ2n) is 6.27. The van der Waals surface area contributed by atoms with Crippen LogP contribution in [-0.2, 0) is 14.3 Å². The largest absolute Gasteiger partial charge is 0.573 e. The van der Waals surface area contributed by atoms with Crippen LogP contribution in [0.5, 0.6) is 5.75 Å². The number of ether oxygens (including phenoxy) is 2. The summed E-state index contributed by atoms with van der Waals surface area (Å²) in [6.45, 7) is 5.22. The van der Waals surface area contributed by atoms with Gasteiger partial charge in [-0.3, -0.25) is 4.79 Å². The number of benzene rings is 1. The first kappa shape index (κ1) is 22.0. The number of carbonyl (C=O) groups excluding carboxylic acids is 2. The van der Waals surface area contributed by atoms with Crippen LogP contribution in [0.15, 0.2) is 42.6 Å². The van der Waals surface area contributed by atoms with Gasteiger partial charge < -0.3 is 14.8 Å². The highest BCUT2D eigenvalue weighted by atomic mass is 19.4. The van der Waals surface area contributed by atoms with Gasteiger partial charge in [-0.15, -0.1) is 13.2 Å². The number of esters is 1. The first-order valence-electron chi connectivity index (χ1n) is 8.64. The second kappa shape index (κ2) is 9.26. The fraction of sp³-hybridized carbons (Fsp3) is 0.316. The van der Waals surface area contributed by atoms with E-state index in [1.54, 1.807) is 16.9 Å². The van der Waals surface area contributed by atoms with Crippen molar-refractivity contribution < 1.29 is 32.2 Å². The smallest absolute Gasteiger partial charge is 0.449 e. The fourth-order valence-corrected chi connectivity index (χ4v) is 2.26. The summed E-state index contributed by atoms with van der Waals surface area (Å²) in [6.07, 6.45) is -1.88. The first-order chi connectivity index (χ1) is 13.5. The molecule has 0 aliphatic heterocycles. The minimum Gasteiger partial charge on any atom is -0.449 e. The Labute approximate surface area is 165 Å². The van der Waals surface area contributed by atoms with E-state index in [4.69, 9.17) is 4.74 Å². The number of nitrogens with one attached hydrogen (secondary N) is 1. The Morgan fingerprint density at radius 1 is 1.14 bits per heavy atom. The van der Waals surface area contributed by atoms with Crippen molar-refractivity contribution in [2.75, 3.05) is 5.32 Å². The number of aromatic nitrogens is 2. The van der Waals surface area contributed by atoms with Crippen LogP contribution in [0.2, 0.25) is 0 Å². The van der Waals surface area contributed by atoms with Crippen molar-refractivity contribution in [1.29, 1.82) is 0 Å². The average Bonchev–Trinajstić information content (AvgIpc) is 3.08. The molecule has 29 heavy (non-hydrogen) atoms. The topological polar surface area (TPSA) is 82.5 Å². The van der Waals surface area contributed by atoms with Gasteiger partial charge in [-0.25, -0.2) is 9.48 Å². The van der Waals surface area contributed by atoms with Crippen molar-refractivity contribution in [3.05, 3.63) is 48.2 Å². The van der Waals surface area contributed by atoms with Crippen LogP contribution in [0, 0.1) is 0 Å². The number of halogens is 3. The molecule has 10 heteroatoms. The van der Waals surface area contributed by atoms with E-state index in [1.165, 1.54) is 25.1 Å². The van der Waals surface area contributed by atoms with E-state index in [9.17, 15) is 22.8 Å². The molecule has 156 valence electrons. The van der Waals surface area contributed by atoms with Crippen LogP contribution in [-0.4, -0.2) is 34.1 Å². The lowest BCUT2D eigenvalue weighted by atomic mass is 10.2. The SMILES string of the molecule is CC(C)n1nccc1NC(=O)[C@H](C)OC(=O)/C=C/c1ccc(OC(F)(F)F)cc1. The number of hydrogen-bond donors (Lipinski definition) is 1. The molecule has 1 aromatic carbocycles. The molecule has 0 fully saturated rings. The van der Waals surface area contributed by atoms with Crippen molar-refractivity contribution in [2.24, 2.45) is 0 Å². The summed E-state index contributed by atoms with van der Waals surface area (Å²) in [5.41, 5.74) is 0.453. The summed E-state index contributed by atoms with van der Waals surface area (Å²) in [6, 6.07) is 6.58. The number of hydrogen-bond acceptors (Lipinski definition) is 5. The quantitative estimate of drug-likeness (QED) is 0.551. The molecule has 0 spiro atoms. The Morgan fingerprint density at radius 3 is 2.38 bits per heavy atom. The third-order valence-corrected chi connectivity index (χ3v) is 3.60. The van der Waals surface area contributed by atoms with E-state index in [0.717, 1.165) is 18.2 Å². The minimum atomic E-state index is -4.77. The number of rotatable bonds is 7. The standard InChI is InChI=1S/C19H20F3N3O4/c1-12(2)25-16(10-11-23-25)24-18(27)13(3)28-17(26)9-6-14-4-7-15(8-5-14)29-19(20,21)22/h4-13H,1-3H3,(H,24,27)/b9-6+/t13-/m0/s1. The highest BCUT2D eigenvalue weighted by Crippen LogP contribution is 2.23. The fourth-order valence-electron chi connectivity index (χ4n) is 2.26. The Hall–Kier alpha value is -3.30. The van der Waals surface area contributed by atoms with E-state index < -0.39 is 24.3 Å². The predicted molar refractivity (Wildman–Crippen MR) is 99.0 cm³/mol. The van der Waals surface area contributed by atoms with Crippen molar-refractivity contribution in [3.8, 4) is 5.75 Å². The molecule has 1 atom stereocenters. The Kier molecular flexibility index (Phi) is 7.03. The summed E-state index contributed by atoms with van der Waals surface area (Å²) in [5.74, 6) is -1.20. The molecule has 0 aliphatic rings. The third-order valence-electron chi connectivity index (χ3n) is 3.60. The van der Waals surface area contributed by atoms with Gasteiger partial charge in [0.05, 0.1) is 6.20 Å². The third kappa shape index (κ3) is 6.98. The van der Waals surface area contributed by atoms with Gasteiger partial charge in [-0.2, -0.15) is 5.10 Å². The molecule has 0 saturated heterocycles. The molecule has 1 heterocycles. The molecule has 1 amide bonds. The average molecular weight is 411 g/mol. The molecule has 2 rings (SSSR count). The van der Waals surface area contributed by atoms with Gasteiger partial charge in [0.2, 0.25) is 0 Å². The molecule has 0 unspecified atom stereocenters. The van der Waals surface area contributed by atoms with Crippen LogP contribution in [0.25, 0.3) is 6.08 Å². The maximum atomic E-state index is 12.2. The molecule has 7 nitrogen and oxygen atoms in total. The van der Waals surface area contributed by atoms with Gasteiger partial charge in [0.15, 0.2) is 6.10 Å². The number of anilines is 1. The van der Waals surface area contributed by atoms with Crippen molar-refractivity contribution in [3.63, 3.8) is 0 Å². The van der Waals surface area contributed by atoms with Crippen LogP contribution in [0.4, 0.5) is 19.0 Å². The van der Waals surface area contributed by atoms with E-state index in [2.05, 4.69) is 15.2 Å². The summed E-state index contributed by atoms with van der Waals surface area (Å²) < 4.78 is 46.8. The summed E-state index contributed by atoms with van der Waals surface area (Å²) in [7, 11) is 0. The molecule has 0 bridgehead atoms. The van der Waals surface area contributed by atoms with Crippen molar-refractivity contribution in [1.82, 2.24) is 9.78 Å². The Balaban J connectivity index is 1.89. The highest BCUT2D eigenvalue weighted by molar-refractivity contribution is 5.96. The maximum Gasteiger partial charge on any atom is 0.573 e. The first-order valence-corrected chi connectivity index (χ1v) is 8.64. The Bertz CT molecular complexity index is 874. The van der Waals surface area contributed by atoms with Gasteiger partial charge in [0.1, 0.15) is 11.6 Å². The number of carbonyl (C=O) groups is 2. The van der Waals surface area contributed by atoms with E-state index in [0.29, 0.717) is 11.4 Å². The maximum absolute atomic E-state index is 12.2. The monoisotopic (exact) mass is 411 g/mol. The summed E-state index contributed by atoms with van der Waals surface area (Å²) >= 11 is 0. The highest BCUT2D eigenvalue weighted by Gasteiger charge is 2.30. The van der Waals surface area contributed by atoms with Gasteiger partial charge >= 0.3 is 12.3 Å². The van der Waals surface area contributed by atoms with Crippen LogP contribution < -0.4 is 10.1 Å². The van der Waals surface area contributed by atoms with Crippen molar-refractivity contribution in [2.45, 2.75) is 39.3 Å². The molecule has 0 saturated carbocycles. The lowest BCUT2D eigenvalue weighted by Gasteiger charge is -2.15. The van der Waals surface area contributed by atoms with Gasteiger partial charge in [-0.05, 0) is 44.5 Å². The molecule has 2 aromatic rings. The Morgan fingerprint density at radius 2 is 1.79 bits per heavy atom. The molecule has 0 aliphatic carbocycles. The molecular formula is C19H20F3N3O4. The van der Waals surface area contributed by atoms with E-state index in [-0.39, 0.29) is 11.8 Å². The minimum absolute atomic E-state index is 0.0361. The number of alkyl halides is 3. The van der Waals surface area contributed by atoms with Gasteiger partial charge in [0.25, 0.3) is 5.91 Å². The van der Waals surface area contributed by atoms with Crippen molar-refractivity contribution >= 4 is 23.8 Å². The summed E-state index contributed by atoms with van der Waals surface area (Å²) in [4.78, 5) is 24.1. The molecule has 1 N–H and O–H groups in total. The van der Waals surface area contributed by atoms with Crippen LogP contribution >= 0.6 is 0 Å². The predicted octanol–water partition coefficient (Wildman–Crippen LogP) is 3.95. The number of amides is 1. The van der Waals surface area contributed by atoms with E-state index >= 15 is 0 Å². The van der Waals surface area contributed by atoms with Crippen LogP contribution in [0.3, 0.4) is 0 Å². The van der Waals surface area contributed by atoms with Gasteiger partial charge in [0, 0.05) is 18.2 Å². The second-order valence-corrected chi connectivity index (χ2v) is 6.27. The van der Waals surface area contributed by atoms with E-state index in [1.807, 2.05) is 13.8 Å². The zero-order valence-corrected chi connectivity index (χ0v) is 15.9. The summed E-state index contributed by atoms with van der Waals surface area (Å²) in [5, 5.41) is 6.72. The number of nitrogens with zero attached hydrogens (tertiary/aromatic N) is 2. The lowest BCUT2D eigenvalue weighted by Crippen LogP contribution is -2.30. The zero-order chi connectivity index (χ0) is 21.6. The molecule has 0 radical (unpaired) electrons. The van der Waals surface area contributed by atoms with Gasteiger partial charge in [-0.1, -0.05) is 12.1 Å².